The molecule has 8 nitrogen and oxygen atoms in total. The van der Waals surface area contributed by atoms with Gasteiger partial charge in [-0.1, -0.05) is 29.5 Å². The highest BCUT2D eigenvalue weighted by Crippen LogP contribution is 2.11. The third-order valence-electron chi connectivity index (χ3n) is 2.52. The average molecular weight is 282 g/mol. The number of tetrazole rings is 1. The lowest BCUT2D eigenvalue weighted by molar-refractivity contribution is 0.578. The van der Waals surface area contributed by atoms with Crippen molar-refractivity contribution in [2.45, 2.75) is 18.8 Å². The number of nitrogens with two attached hydrogens (primary N) is 1. The molecular weight excluding hydrogens is 268 g/mol. The molecule has 0 bridgehead atoms. The van der Waals surface area contributed by atoms with Gasteiger partial charge in [0.25, 0.3) is 0 Å². The SMILES string of the molecule is NCc1ccccc1CS(=O)(=O)NCc1nn[nH]n1. The summed E-state index contributed by atoms with van der Waals surface area (Å²) in [7, 11) is -3.47. The van der Waals surface area contributed by atoms with E-state index in [-0.39, 0.29) is 18.1 Å². The second-order valence-electron chi connectivity index (χ2n) is 3.88. The zero-order chi connectivity index (χ0) is 13.7. The van der Waals surface area contributed by atoms with Gasteiger partial charge in [-0.25, -0.2) is 13.1 Å². The Morgan fingerprint density at radius 1 is 1.26 bits per heavy atom. The molecule has 0 spiro atoms. The zero-order valence-electron chi connectivity index (χ0n) is 10.1. The number of aromatic nitrogens is 4. The van der Waals surface area contributed by atoms with Crippen molar-refractivity contribution in [3.05, 3.63) is 41.2 Å². The summed E-state index contributed by atoms with van der Waals surface area (Å²) >= 11 is 0. The number of nitrogens with one attached hydrogen (secondary N) is 2. The zero-order valence-corrected chi connectivity index (χ0v) is 10.9. The van der Waals surface area contributed by atoms with E-state index in [1.165, 1.54) is 0 Å². The van der Waals surface area contributed by atoms with Gasteiger partial charge in [-0.05, 0) is 11.1 Å². The summed E-state index contributed by atoms with van der Waals surface area (Å²) in [5.74, 6) is 0.161. The number of aromatic amines is 1. The third-order valence-corrected chi connectivity index (χ3v) is 3.80. The van der Waals surface area contributed by atoms with Crippen molar-refractivity contribution >= 4 is 10.0 Å². The van der Waals surface area contributed by atoms with Crippen LogP contribution in [-0.4, -0.2) is 29.0 Å². The topological polar surface area (TPSA) is 127 Å². The van der Waals surface area contributed by atoms with Crippen LogP contribution in [0.3, 0.4) is 0 Å². The summed E-state index contributed by atoms with van der Waals surface area (Å²) < 4.78 is 26.3. The standard InChI is InChI=1S/C10H14N6O2S/c11-5-8-3-1-2-4-9(8)7-19(17,18)12-6-10-13-15-16-14-10/h1-4,12H,5-7,11H2,(H,13,14,15,16). The van der Waals surface area contributed by atoms with E-state index in [9.17, 15) is 8.42 Å². The van der Waals surface area contributed by atoms with Crippen molar-refractivity contribution < 1.29 is 8.42 Å². The van der Waals surface area contributed by atoms with Crippen molar-refractivity contribution in [3.63, 3.8) is 0 Å². The summed E-state index contributed by atoms with van der Waals surface area (Å²) in [6, 6.07) is 7.16. The molecule has 4 N–H and O–H groups in total. The maximum absolute atomic E-state index is 11.9. The van der Waals surface area contributed by atoms with Crippen LogP contribution < -0.4 is 10.5 Å². The molecule has 0 atom stereocenters. The van der Waals surface area contributed by atoms with E-state index in [1.54, 1.807) is 12.1 Å². The minimum atomic E-state index is -3.47. The second kappa shape index (κ2) is 5.87. The fourth-order valence-corrected chi connectivity index (χ4v) is 2.73. The number of benzene rings is 1. The van der Waals surface area contributed by atoms with E-state index in [4.69, 9.17) is 5.73 Å². The molecule has 0 saturated heterocycles. The van der Waals surface area contributed by atoms with E-state index in [0.717, 1.165) is 5.56 Å². The van der Waals surface area contributed by atoms with E-state index in [0.29, 0.717) is 12.1 Å². The molecule has 0 fully saturated rings. The highest BCUT2D eigenvalue weighted by Gasteiger charge is 2.14. The lowest BCUT2D eigenvalue weighted by Crippen LogP contribution is -2.25. The van der Waals surface area contributed by atoms with E-state index in [2.05, 4.69) is 25.3 Å². The molecular formula is C10H14N6O2S. The Labute approximate surface area is 110 Å². The van der Waals surface area contributed by atoms with Gasteiger partial charge in [0, 0.05) is 6.54 Å². The highest BCUT2D eigenvalue weighted by molar-refractivity contribution is 7.88. The first-order valence-corrected chi connectivity index (χ1v) is 7.22. The van der Waals surface area contributed by atoms with Gasteiger partial charge in [-0.3, -0.25) is 0 Å². The maximum atomic E-state index is 11.9. The van der Waals surface area contributed by atoms with Gasteiger partial charge >= 0.3 is 0 Å². The Bertz CT molecular complexity index is 625. The fourth-order valence-electron chi connectivity index (χ4n) is 1.59. The molecule has 0 amide bonds. The highest BCUT2D eigenvalue weighted by atomic mass is 32.2. The van der Waals surface area contributed by atoms with Crippen LogP contribution in [0, 0.1) is 0 Å². The molecule has 1 aromatic heterocycles. The van der Waals surface area contributed by atoms with Gasteiger partial charge in [-0.15, -0.1) is 10.2 Å². The minimum absolute atomic E-state index is 0.00360. The molecule has 0 unspecified atom stereocenters. The van der Waals surface area contributed by atoms with Crippen molar-refractivity contribution in [1.29, 1.82) is 0 Å². The molecule has 1 aromatic carbocycles. The molecule has 19 heavy (non-hydrogen) atoms. The molecule has 0 saturated carbocycles. The Balaban J connectivity index is 2.04. The Morgan fingerprint density at radius 3 is 2.63 bits per heavy atom. The first kappa shape index (κ1) is 13.6. The van der Waals surface area contributed by atoms with E-state index >= 15 is 0 Å². The van der Waals surface area contributed by atoms with Crippen LogP contribution >= 0.6 is 0 Å². The fraction of sp³-hybridized carbons (Fsp3) is 0.300. The van der Waals surface area contributed by atoms with Crippen LogP contribution in [0.25, 0.3) is 0 Å². The number of hydrogen-bond acceptors (Lipinski definition) is 6. The molecule has 2 aromatic rings. The van der Waals surface area contributed by atoms with Gasteiger partial charge in [0.05, 0.1) is 12.3 Å². The molecule has 9 heteroatoms. The normalized spacial score (nSPS) is 11.6. The van der Waals surface area contributed by atoms with Crippen LogP contribution in [0.1, 0.15) is 17.0 Å². The number of H-pyrrole nitrogens is 1. The molecule has 0 aliphatic carbocycles. The second-order valence-corrected chi connectivity index (χ2v) is 5.69. The maximum Gasteiger partial charge on any atom is 0.216 e. The summed E-state index contributed by atoms with van der Waals surface area (Å²) in [4.78, 5) is 0. The van der Waals surface area contributed by atoms with Crippen molar-refractivity contribution in [3.8, 4) is 0 Å². The lowest BCUT2D eigenvalue weighted by atomic mass is 10.1. The van der Waals surface area contributed by atoms with Crippen LogP contribution in [0.15, 0.2) is 24.3 Å². The Hall–Kier alpha value is -1.84. The van der Waals surface area contributed by atoms with Gasteiger partial charge in [-0.2, -0.15) is 5.21 Å². The number of hydrogen-bond donors (Lipinski definition) is 3. The number of nitrogens with zero attached hydrogens (tertiary/aromatic N) is 3. The summed E-state index contributed by atoms with van der Waals surface area (Å²) in [5.41, 5.74) is 7.07. The summed E-state index contributed by atoms with van der Waals surface area (Å²) in [6.45, 7) is 0.306. The van der Waals surface area contributed by atoms with Gasteiger partial charge in [0.1, 0.15) is 0 Å². The monoisotopic (exact) mass is 282 g/mol. The average Bonchev–Trinajstić information content (AvgIpc) is 2.90. The Kier molecular flexibility index (Phi) is 4.20. The van der Waals surface area contributed by atoms with Crippen molar-refractivity contribution in [2.24, 2.45) is 5.73 Å². The first-order valence-electron chi connectivity index (χ1n) is 5.57. The summed E-state index contributed by atoms with van der Waals surface area (Å²) in [6.07, 6.45) is 0. The summed E-state index contributed by atoms with van der Waals surface area (Å²) in [5, 5.41) is 12.9. The number of rotatable bonds is 6. The molecule has 0 aliphatic heterocycles. The lowest BCUT2D eigenvalue weighted by Gasteiger charge is -2.08. The van der Waals surface area contributed by atoms with Crippen LogP contribution in [0.4, 0.5) is 0 Å². The molecule has 0 aliphatic rings. The van der Waals surface area contributed by atoms with Crippen LogP contribution in [0.5, 0.6) is 0 Å². The number of sulfonamides is 1. The van der Waals surface area contributed by atoms with Gasteiger partial charge in [0.2, 0.25) is 10.0 Å². The largest absolute Gasteiger partial charge is 0.326 e. The van der Waals surface area contributed by atoms with Crippen LogP contribution in [-0.2, 0) is 28.9 Å². The predicted molar refractivity (Wildman–Crippen MR) is 68.0 cm³/mol. The third kappa shape index (κ3) is 3.81. The minimum Gasteiger partial charge on any atom is -0.326 e. The first-order chi connectivity index (χ1) is 9.11. The van der Waals surface area contributed by atoms with Gasteiger partial charge < -0.3 is 5.73 Å². The predicted octanol–water partition coefficient (Wildman–Crippen LogP) is -0.722. The molecule has 0 radical (unpaired) electrons. The van der Waals surface area contributed by atoms with Crippen molar-refractivity contribution in [2.75, 3.05) is 0 Å². The van der Waals surface area contributed by atoms with E-state index in [1.807, 2.05) is 12.1 Å². The van der Waals surface area contributed by atoms with Gasteiger partial charge in [0.15, 0.2) is 5.82 Å². The smallest absolute Gasteiger partial charge is 0.216 e. The molecule has 102 valence electrons. The molecule has 2 rings (SSSR count). The quantitative estimate of drug-likeness (QED) is 0.641. The molecule has 1 heterocycles. The van der Waals surface area contributed by atoms with E-state index < -0.39 is 10.0 Å². The Morgan fingerprint density at radius 2 is 2.00 bits per heavy atom. The van der Waals surface area contributed by atoms with Crippen LogP contribution in [0.2, 0.25) is 0 Å². The van der Waals surface area contributed by atoms with Crippen molar-refractivity contribution in [1.82, 2.24) is 25.3 Å².